The number of aliphatic carboxylic acids is 1. The molecule has 5 nitrogen and oxygen atoms in total. The Morgan fingerprint density at radius 2 is 1.70 bits per heavy atom. The van der Waals surface area contributed by atoms with Crippen LogP contribution in [0, 0.1) is 0 Å². The van der Waals surface area contributed by atoms with Crippen LogP contribution in [-0.4, -0.2) is 47.6 Å². The second-order valence-electron chi connectivity index (χ2n) is 7.13. The average molecular weight is 366 g/mol. The monoisotopic (exact) mass is 366 g/mol. The number of carbonyl (C=O) groups excluding carboxylic acids is 1. The molecule has 3 rings (SSSR count). The number of likely N-dealkylation sites (tertiary alicyclic amines) is 1. The Morgan fingerprint density at radius 3 is 2.26 bits per heavy atom. The Hall–Kier alpha value is -2.66. The van der Waals surface area contributed by atoms with Crippen molar-refractivity contribution in [3.05, 3.63) is 59.7 Å². The average Bonchev–Trinajstić information content (AvgIpc) is 3.10. The normalized spacial score (nSPS) is 17.0. The molecule has 142 valence electrons. The van der Waals surface area contributed by atoms with Crippen molar-refractivity contribution in [1.82, 2.24) is 10.2 Å². The maximum absolute atomic E-state index is 11.9. The molecular formula is C22H26N2O3. The minimum Gasteiger partial charge on any atom is -0.480 e. The van der Waals surface area contributed by atoms with Gasteiger partial charge in [0, 0.05) is 18.2 Å². The third-order valence-corrected chi connectivity index (χ3v) is 5.21. The standard InChI is InChI=1S/C22H26N2O3/c1-16-3-2-13-24(16)14-12-17-4-6-18(7-5-17)19-8-10-20(11-9-19)22(27)23-15-21(25)26/h4-11,16H,2-3,12-15H2,1H3,(H,23,27)(H,25,26)/t16-/m1/s1. The van der Waals surface area contributed by atoms with E-state index in [0.29, 0.717) is 11.6 Å². The first-order valence-electron chi connectivity index (χ1n) is 9.46. The van der Waals surface area contributed by atoms with Crippen LogP contribution in [0.4, 0.5) is 0 Å². The van der Waals surface area contributed by atoms with Gasteiger partial charge in [0.25, 0.3) is 5.91 Å². The van der Waals surface area contributed by atoms with Crippen LogP contribution in [0.2, 0.25) is 0 Å². The molecule has 27 heavy (non-hydrogen) atoms. The number of hydrogen-bond donors (Lipinski definition) is 2. The summed E-state index contributed by atoms with van der Waals surface area (Å²) < 4.78 is 0. The summed E-state index contributed by atoms with van der Waals surface area (Å²) in [7, 11) is 0. The van der Waals surface area contributed by atoms with Gasteiger partial charge in [-0.1, -0.05) is 36.4 Å². The van der Waals surface area contributed by atoms with Crippen LogP contribution in [0.25, 0.3) is 11.1 Å². The summed E-state index contributed by atoms with van der Waals surface area (Å²) in [5, 5.41) is 11.0. The van der Waals surface area contributed by atoms with Crippen molar-refractivity contribution >= 4 is 11.9 Å². The molecule has 0 bridgehead atoms. The molecule has 2 aromatic rings. The molecule has 2 N–H and O–H groups in total. The van der Waals surface area contributed by atoms with Crippen LogP contribution in [0.3, 0.4) is 0 Å². The number of hydrogen-bond acceptors (Lipinski definition) is 3. The zero-order valence-corrected chi connectivity index (χ0v) is 15.6. The highest BCUT2D eigenvalue weighted by Gasteiger charge is 2.19. The minimum absolute atomic E-state index is 0.377. The van der Waals surface area contributed by atoms with Gasteiger partial charge in [0.15, 0.2) is 0 Å². The SMILES string of the molecule is C[C@@H]1CCCN1CCc1ccc(-c2ccc(C(=O)NCC(=O)O)cc2)cc1. The van der Waals surface area contributed by atoms with Crippen molar-refractivity contribution in [2.75, 3.05) is 19.6 Å². The molecule has 0 radical (unpaired) electrons. The third-order valence-electron chi connectivity index (χ3n) is 5.21. The molecule has 0 aromatic heterocycles. The Balaban J connectivity index is 1.58. The molecule has 1 aliphatic heterocycles. The molecule has 0 spiro atoms. The summed E-state index contributed by atoms with van der Waals surface area (Å²) >= 11 is 0. The van der Waals surface area contributed by atoms with E-state index in [0.717, 1.165) is 24.1 Å². The fourth-order valence-electron chi connectivity index (χ4n) is 3.53. The molecular weight excluding hydrogens is 340 g/mol. The van der Waals surface area contributed by atoms with Gasteiger partial charge in [-0.05, 0) is 61.6 Å². The molecule has 0 aliphatic carbocycles. The number of rotatable bonds is 7. The minimum atomic E-state index is -1.06. The van der Waals surface area contributed by atoms with E-state index in [1.165, 1.54) is 24.9 Å². The maximum Gasteiger partial charge on any atom is 0.322 e. The van der Waals surface area contributed by atoms with Crippen molar-refractivity contribution < 1.29 is 14.7 Å². The van der Waals surface area contributed by atoms with E-state index in [-0.39, 0.29) is 12.5 Å². The molecule has 0 unspecified atom stereocenters. The predicted octanol–water partition coefficient (Wildman–Crippen LogP) is 3.19. The number of amides is 1. The van der Waals surface area contributed by atoms with Gasteiger partial charge in [0.2, 0.25) is 0 Å². The summed E-state index contributed by atoms with van der Waals surface area (Å²) in [5.74, 6) is -1.44. The van der Waals surface area contributed by atoms with Crippen LogP contribution in [0.1, 0.15) is 35.7 Å². The van der Waals surface area contributed by atoms with Gasteiger partial charge in [0.1, 0.15) is 6.54 Å². The zero-order valence-electron chi connectivity index (χ0n) is 15.6. The lowest BCUT2D eigenvalue weighted by atomic mass is 10.0. The molecule has 1 atom stereocenters. The van der Waals surface area contributed by atoms with Crippen LogP contribution in [0.5, 0.6) is 0 Å². The summed E-state index contributed by atoms with van der Waals surface area (Å²) in [6.45, 7) is 4.26. The molecule has 1 saturated heterocycles. The number of carboxylic acids is 1. The molecule has 1 heterocycles. The summed E-state index contributed by atoms with van der Waals surface area (Å²) in [6, 6.07) is 16.5. The van der Waals surface area contributed by atoms with Crippen molar-refractivity contribution in [2.45, 2.75) is 32.2 Å². The fraction of sp³-hybridized carbons (Fsp3) is 0.364. The summed E-state index contributed by atoms with van der Waals surface area (Å²) in [6.07, 6.45) is 3.68. The van der Waals surface area contributed by atoms with Gasteiger partial charge in [0.05, 0.1) is 0 Å². The van der Waals surface area contributed by atoms with Gasteiger partial charge < -0.3 is 15.3 Å². The van der Waals surface area contributed by atoms with E-state index >= 15 is 0 Å². The van der Waals surface area contributed by atoms with Crippen molar-refractivity contribution in [1.29, 1.82) is 0 Å². The van der Waals surface area contributed by atoms with Gasteiger partial charge in [-0.25, -0.2) is 0 Å². The fourth-order valence-corrected chi connectivity index (χ4v) is 3.53. The zero-order chi connectivity index (χ0) is 19.2. The van der Waals surface area contributed by atoms with Crippen LogP contribution < -0.4 is 5.32 Å². The quantitative estimate of drug-likeness (QED) is 0.790. The van der Waals surface area contributed by atoms with Crippen molar-refractivity contribution in [3.8, 4) is 11.1 Å². The second-order valence-corrected chi connectivity index (χ2v) is 7.13. The van der Waals surface area contributed by atoms with E-state index in [1.54, 1.807) is 12.1 Å². The van der Waals surface area contributed by atoms with E-state index in [9.17, 15) is 9.59 Å². The van der Waals surface area contributed by atoms with E-state index in [4.69, 9.17) is 5.11 Å². The lowest BCUT2D eigenvalue weighted by Crippen LogP contribution is -2.29. The van der Waals surface area contributed by atoms with Crippen LogP contribution >= 0.6 is 0 Å². The molecule has 0 saturated carbocycles. The highest BCUT2D eigenvalue weighted by atomic mass is 16.4. The predicted molar refractivity (Wildman–Crippen MR) is 106 cm³/mol. The Bertz CT molecular complexity index is 784. The molecule has 1 amide bonds. The van der Waals surface area contributed by atoms with Crippen LogP contribution in [0.15, 0.2) is 48.5 Å². The van der Waals surface area contributed by atoms with Gasteiger partial charge in [-0.15, -0.1) is 0 Å². The lowest BCUT2D eigenvalue weighted by molar-refractivity contribution is -0.135. The van der Waals surface area contributed by atoms with Crippen molar-refractivity contribution in [3.63, 3.8) is 0 Å². The summed E-state index contributed by atoms with van der Waals surface area (Å²) in [4.78, 5) is 24.9. The highest BCUT2D eigenvalue weighted by Crippen LogP contribution is 2.21. The van der Waals surface area contributed by atoms with E-state index < -0.39 is 5.97 Å². The topological polar surface area (TPSA) is 69.6 Å². The largest absolute Gasteiger partial charge is 0.480 e. The first kappa shape index (κ1) is 19.1. The maximum atomic E-state index is 11.9. The lowest BCUT2D eigenvalue weighted by Gasteiger charge is -2.20. The molecule has 1 aliphatic rings. The number of carboxylic acid groups (broad SMARTS) is 1. The van der Waals surface area contributed by atoms with Crippen LogP contribution in [-0.2, 0) is 11.2 Å². The number of nitrogens with zero attached hydrogens (tertiary/aromatic N) is 1. The summed E-state index contributed by atoms with van der Waals surface area (Å²) in [5.41, 5.74) is 3.93. The van der Waals surface area contributed by atoms with E-state index in [2.05, 4.69) is 41.4 Å². The highest BCUT2D eigenvalue weighted by molar-refractivity contribution is 5.96. The third kappa shape index (κ3) is 5.17. The van der Waals surface area contributed by atoms with Gasteiger partial charge >= 0.3 is 5.97 Å². The Morgan fingerprint density at radius 1 is 1.07 bits per heavy atom. The number of benzene rings is 2. The first-order valence-corrected chi connectivity index (χ1v) is 9.46. The van der Waals surface area contributed by atoms with Crippen molar-refractivity contribution in [2.24, 2.45) is 0 Å². The first-order chi connectivity index (χ1) is 13.0. The van der Waals surface area contributed by atoms with Gasteiger partial charge in [-0.3, -0.25) is 9.59 Å². The number of carbonyl (C=O) groups is 2. The number of nitrogens with one attached hydrogen (secondary N) is 1. The Kier molecular flexibility index (Phi) is 6.24. The smallest absolute Gasteiger partial charge is 0.322 e. The molecule has 1 fully saturated rings. The molecule has 5 heteroatoms. The van der Waals surface area contributed by atoms with E-state index in [1.807, 2.05) is 12.1 Å². The Labute approximate surface area is 160 Å². The molecule has 2 aromatic carbocycles. The second kappa shape index (κ2) is 8.82. The van der Waals surface area contributed by atoms with Gasteiger partial charge in [-0.2, -0.15) is 0 Å².